The van der Waals surface area contributed by atoms with Crippen LogP contribution in [-0.4, -0.2) is 30.8 Å². The van der Waals surface area contributed by atoms with Crippen LogP contribution in [0.4, 0.5) is 0 Å². The zero-order chi connectivity index (χ0) is 12.0. The van der Waals surface area contributed by atoms with Crippen molar-refractivity contribution in [2.45, 2.75) is 12.5 Å². The quantitative estimate of drug-likeness (QED) is 0.681. The lowest BCUT2D eigenvalue weighted by molar-refractivity contribution is 0.262. The van der Waals surface area contributed by atoms with Gasteiger partial charge in [-0.3, -0.25) is 0 Å². The van der Waals surface area contributed by atoms with Crippen molar-refractivity contribution in [1.82, 2.24) is 5.32 Å². The molecule has 0 aliphatic heterocycles. The van der Waals surface area contributed by atoms with Crippen LogP contribution in [0.2, 0.25) is 10.0 Å². The summed E-state index contributed by atoms with van der Waals surface area (Å²) >= 11 is 11.8. The minimum absolute atomic E-state index is 0.00526. The van der Waals surface area contributed by atoms with Gasteiger partial charge in [-0.05, 0) is 30.7 Å². The summed E-state index contributed by atoms with van der Waals surface area (Å²) in [5.74, 6) is 0. The molecule has 0 saturated heterocycles. The molecule has 0 fully saturated rings. The Morgan fingerprint density at radius 1 is 1.38 bits per heavy atom. The maximum atomic E-state index is 8.73. The number of halogens is 2. The third kappa shape index (κ3) is 4.68. The van der Waals surface area contributed by atoms with E-state index in [1.165, 1.54) is 0 Å². The summed E-state index contributed by atoms with van der Waals surface area (Å²) in [5.41, 5.74) is 6.60. The highest BCUT2D eigenvalue weighted by molar-refractivity contribution is 6.35. The van der Waals surface area contributed by atoms with E-state index in [0.29, 0.717) is 16.6 Å². The van der Waals surface area contributed by atoms with Crippen LogP contribution in [0.15, 0.2) is 18.2 Å². The molecule has 0 bridgehead atoms. The van der Waals surface area contributed by atoms with Crippen LogP contribution in [0.25, 0.3) is 0 Å². The molecular formula is C11H16Cl2N2O. The third-order valence-electron chi connectivity index (χ3n) is 2.23. The molecule has 0 spiro atoms. The number of hydrogen-bond acceptors (Lipinski definition) is 3. The SMILES string of the molecule is NC(CO)CNCCc1ccc(Cl)cc1Cl. The van der Waals surface area contributed by atoms with Crippen LogP contribution in [0.3, 0.4) is 0 Å². The maximum Gasteiger partial charge on any atom is 0.0594 e. The van der Waals surface area contributed by atoms with Gasteiger partial charge in [0.1, 0.15) is 0 Å². The van der Waals surface area contributed by atoms with E-state index in [1.54, 1.807) is 6.07 Å². The van der Waals surface area contributed by atoms with E-state index in [2.05, 4.69) is 5.32 Å². The van der Waals surface area contributed by atoms with Crippen LogP contribution in [0.1, 0.15) is 5.56 Å². The van der Waals surface area contributed by atoms with E-state index in [-0.39, 0.29) is 12.6 Å². The van der Waals surface area contributed by atoms with E-state index in [4.69, 9.17) is 34.0 Å². The molecular weight excluding hydrogens is 247 g/mol. The highest BCUT2D eigenvalue weighted by Gasteiger charge is 2.02. The van der Waals surface area contributed by atoms with Crippen molar-refractivity contribution in [3.8, 4) is 0 Å². The van der Waals surface area contributed by atoms with Crippen molar-refractivity contribution < 1.29 is 5.11 Å². The number of benzene rings is 1. The molecule has 0 aromatic heterocycles. The van der Waals surface area contributed by atoms with Crippen LogP contribution in [0.5, 0.6) is 0 Å². The standard InChI is InChI=1S/C11H16Cl2N2O/c12-9-2-1-8(11(13)5-9)3-4-15-6-10(14)7-16/h1-2,5,10,15-16H,3-4,6-7,14H2. The zero-order valence-corrected chi connectivity index (χ0v) is 10.4. The second-order valence-electron chi connectivity index (χ2n) is 3.63. The molecule has 1 unspecified atom stereocenters. The number of nitrogens with one attached hydrogen (secondary N) is 1. The van der Waals surface area contributed by atoms with Gasteiger partial charge >= 0.3 is 0 Å². The molecule has 0 heterocycles. The first-order chi connectivity index (χ1) is 7.63. The van der Waals surface area contributed by atoms with E-state index in [0.717, 1.165) is 18.5 Å². The number of rotatable bonds is 6. The molecule has 16 heavy (non-hydrogen) atoms. The summed E-state index contributed by atoms with van der Waals surface area (Å²) in [5, 5.41) is 13.2. The molecule has 0 saturated carbocycles. The predicted octanol–water partition coefficient (Wildman–Crippen LogP) is 1.45. The van der Waals surface area contributed by atoms with Gasteiger partial charge in [0.2, 0.25) is 0 Å². The second kappa shape index (κ2) is 7.09. The molecule has 5 heteroatoms. The summed E-state index contributed by atoms with van der Waals surface area (Å²) in [6, 6.07) is 5.26. The summed E-state index contributed by atoms with van der Waals surface area (Å²) in [6.07, 6.45) is 0.814. The fourth-order valence-corrected chi connectivity index (χ4v) is 1.80. The van der Waals surface area contributed by atoms with E-state index >= 15 is 0 Å². The van der Waals surface area contributed by atoms with Gasteiger partial charge in [-0.1, -0.05) is 29.3 Å². The molecule has 0 amide bonds. The first-order valence-electron chi connectivity index (χ1n) is 5.14. The van der Waals surface area contributed by atoms with Crippen LogP contribution >= 0.6 is 23.2 Å². The number of hydrogen-bond donors (Lipinski definition) is 3. The molecule has 1 atom stereocenters. The third-order valence-corrected chi connectivity index (χ3v) is 2.81. The summed E-state index contributed by atoms with van der Waals surface area (Å²) in [6.45, 7) is 1.37. The Bertz CT molecular complexity index is 334. The fourth-order valence-electron chi connectivity index (χ4n) is 1.30. The number of aliphatic hydroxyl groups excluding tert-OH is 1. The summed E-state index contributed by atoms with van der Waals surface area (Å²) in [7, 11) is 0. The van der Waals surface area contributed by atoms with Gasteiger partial charge in [-0.15, -0.1) is 0 Å². The first-order valence-corrected chi connectivity index (χ1v) is 5.90. The molecule has 3 nitrogen and oxygen atoms in total. The Kier molecular flexibility index (Phi) is 6.09. The number of aliphatic hydroxyl groups is 1. The topological polar surface area (TPSA) is 58.3 Å². The second-order valence-corrected chi connectivity index (χ2v) is 4.48. The van der Waals surface area contributed by atoms with E-state index < -0.39 is 0 Å². The molecule has 0 aliphatic rings. The number of nitrogens with two attached hydrogens (primary N) is 1. The molecule has 1 aromatic rings. The minimum atomic E-state index is -0.208. The molecule has 1 rings (SSSR count). The smallest absolute Gasteiger partial charge is 0.0594 e. The maximum absolute atomic E-state index is 8.73. The summed E-state index contributed by atoms with van der Waals surface area (Å²) < 4.78 is 0. The normalized spacial score (nSPS) is 12.8. The van der Waals surface area contributed by atoms with Crippen molar-refractivity contribution in [2.24, 2.45) is 5.73 Å². The van der Waals surface area contributed by atoms with Gasteiger partial charge in [0.05, 0.1) is 6.61 Å². The predicted molar refractivity (Wildman–Crippen MR) is 68.1 cm³/mol. The molecule has 90 valence electrons. The van der Waals surface area contributed by atoms with Gasteiger partial charge in [0.25, 0.3) is 0 Å². The zero-order valence-electron chi connectivity index (χ0n) is 8.92. The molecule has 0 aliphatic carbocycles. The van der Waals surface area contributed by atoms with Gasteiger partial charge < -0.3 is 16.2 Å². The first kappa shape index (κ1) is 13.7. The van der Waals surface area contributed by atoms with Gasteiger partial charge in [0, 0.05) is 22.6 Å². The minimum Gasteiger partial charge on any atom is -0.395 e. The van der Waals surface area contributed by atoms with Crippen molar-refractivity contribution >= 4 is 23.2 Å². The van der Waals surface area contributed by atoms with Gasteiger partial charge in [-0.25, -0.2) is 0 Å². The van der Waals surface area contributed by atoms with Gasteiger partial charge in [-0.2, -0.15) is 0 Å². The highest BCUT2D eigenvalue weighted by atomic mass is 35.5. The average molecular weight is 263 g/mol. The van der Waals surface area contributed by atoms with Crippen molar-refractivity contribution in [3.63, 3.8) is 0 Å². The fraction of sp³-hybridized carbons (Fsp3) is 0.455. The van der Waals surface area contributed by atoms with E-state index in [9.17, 15) is 0 Å². The summed E-state index contributed by atoms with van der Waals surface area (Å²) in [4.78, 5) is 0. The highest BCUT2D eigenvalue weighted by Crippen LogP contribution is 2.20. The lowest BCUT2D eigenvalue weighted by atomic mass is 10.1. The van der Waals surface area contributed by atoms with E-state index in [1.807, 2.05) is 12.1 Å². The Morgan fingerprint density at radius 3 is 2.75 bits per heavy atom. The lowest BCUT2D eigenvalue weighted by Crippen LogP contribution is -2.37. The Labute approximate surface area is 106 Å². The molecule has 1 aromatic carbocycles. The Morgan fingerprint density at radius 2 is 2.12 bits per heavy atom. The Hall–Kier alpha value is -0.320. The Balaban J connectivity index is 2.32. The largest absolute Gasteiger partial charge is 0.395 e. The average Bonchev–Trinajstić information content (AvgIpc) is 2.26. The van der Waals surface area contributed by atoms with Crippen LogP contribution < -0.4 is 11.1 Å². The monoisotopic (exact) mass is 262 g/mol. The van der Waals surface area contributed by atoms with Crippen LogP contribution in [0, 0.1) is 0 Å². The van der Waals surface area contributed by atoms with Crippen molar-refractivity contribution in [1.29, 1.82) is 0 Å². The molecule has 0 radical (unpaired) electrons. The van der Waals surface area contributed by atoms with Crippen molar-refractivity contribution in [2.75, 3.05) is 19.7 Å². The van der Waals surface area contributed by atoms with Crippen molar-refractivity contribution in [3.05, 3.63) is 33.8 Å². The lowest BCUT2D eigenvalue weighted by Gasteiger charge is -2.10. The van der Waals surface area contributed by atoms with Gasteiger partial charge in [0.15, 0.2) is 0 Å². The molecule has 4 N–H and O–H groups in total. The van der Waals surface area contributed by atoms with Crippen LogP contribution in [-0.2, 0) is 6.42 Å².